The monoisotopic (exact) mass is 329 g/mol. The molecule has 0 radical (unpaired) electrons. The number of nitriles is 1. The summed E-state index contributed by atoms with van der Waals surface area (Å²) in [4.78, 5) is 26.4. The van der Waals surface area contributed by atoms with E-state index in [0.29, 0.717) is 11.1 Å². The predicted octanol–water partition coefficient (Wildman–Crippen LogP) is 1.41. The van der Waals surface area contributed by atoms with E-state index in [0.717, 1.165) is 0 Å². The van der Waals surface area contributed by atoms with E-state index in [9.17, 15) is 20.0 Å². The molecule has 124 valence electrons. The Morgan fingerprint density at radius 3 is 2.67 bits per heavy atom. The Morgan fingerprint density at radius 1 is 1.38 bits per heavy atom. The number of benzene rings is 1. The summed E-state index contributed by atoms with van der Waals surface area (Å²) in [7, 11) is 0. The highest BCUT2D eigenvalue weighted by Crippen LogP contribution is 2.32. The van der Waals surface area contributed by atoms with Gasteiger partial charge in [0.15, 0.2) is 11.4 Å². The predicted molar refractivity (Wildman–Crippen MR) is 83.9 cm³/mol. The minimum Gasteiger partial charge on any atom is -0.505 e. The number of carbonyl (C=O) groups excluding carboxylic acids is 1. The van der Waals surface area contributed by atoms with Crippen LogP contribution in [-0.2, 0) is 4.79 Å². The summed E-state index contributed by atoms with van der Waals surface area (Å²) in [6.45, 7) is 3.04. The average Bonchev–Trinajstić information content (AvgIpc) is 2.52. The molecule has 1 amide bonds. The molecule has 0 aliphatic rings. The summed E-state index contributed by atoms with van der Waals surface area (Å²) in [5.41, 5.74) is -0.471. The van der Waals surface area contributed by atoms with Gasteiger partial charge < -0.3 is 20.3 Å². The number of amides is 1. The summed E-state index contributed by atoms with van der Waals surface area (Å²) in [6.07, 6.45) is -0.0970. The fraction of sp³-hybridized carbons (Fsp3) is 0.250. The maximum Gasteiger partial charge on any atom is 0.322 e. The first-order valence-corrected chi connectivity index (χ1v) is 7.07. The molecule has 0 saturated heterocycles. The number of pyridine rings is 1. The quantitative estimate of drug-likeness (QED) is 0.755. The molecule has 1 aromatic carbocycles. The Bertz CT molecular complexity index is 855. The zero-order chi connectivity index (χ0) is 17.9. The molecule has 8 nitrogen and oxygen atoms in total. The largest absolute Gasteiger partial charge is 0.505 e. The minimum absolute atomic E-state index is 0.0561. The number of hydrogen-bond acceptors (Lipinski definition) is 6. The SMILES string of the molecule is CC(C)Oc1ccc2c(C#N)nc(C(=O)NCC(=O)O)c(O)c2c1. The molecular formula is C16H15N3O5. The van der Waals surface area contributed by atoms with Crippen molar-refractivity contribution in [2.24, 2.45) is 0 Å². The van der Waals surface area contributed by atoms with Crippen LogP contribution < -0.4 is 10.1 Å². The van der Waals surface area contributed by atoms with Crippen molar-refractivity contribution in [1.82, 2.24) is 10.3 Å². The van der Waals surface area contributed by atoms with Gasteiger partial charge in [-0.05, 0) is 32.0 Å². The number of aromatic hydroxyl groups is 1. The number of carbonyl (C=O) groups is 2. The van der Waals surface area contributed by atoms with Crippen LogP contribution in [0.4, 0.5) is 0 Å². The van der Waals surface area contributed by atoms with Crippen molar-refractivity contribution in [3.63, 3.8) is 0 Å². The van der Waals surface area contributed by atoms with Crippen LogP contribution in [0.3, 0.4) is 0 Å². The molecule has 0 atom stereocenters. The second-order valence-electron chi connectivity index (χ2n) is 5.22. The second kappa shape index (κ2) is 6.83. The fourth-order valence-corrected chi connectivity index (χ4v) is 2.11. The van der Waals surface area contributed by atoms with Crippen molar-refractivity contribution >= 4 is 22.6 Å². The third-order valence-electron chi connectivity index (χ3n) is 3.04. The van der Waals surface area contributed by atoms with Gasteiger partial charge in [0.2, 0.25) is 0 Å². The summed E-state index contributed by atoms with van der Waals surface area (Å²) in [5, 5.41) is 30.8. The van der Waals surface area contributed by atoms with Crippen LogP contribution in [0.1, 0.15) is 30.0 Å². The summed E-state index contributed by atoms with van der Waals surface area (Å²) in [6, 6.07) is 6.56. The molecule has 8 heteroatoms. The highest BCUT2D eigenvalue weighted by molar-refractivity contribution is 6.04. The van der Waals surface area contributed by atoms with Crippen LogP contribution in [0, 0.1) is 11.3 Å². The van der Waals surface area contributed by atoms with Gasteiger partial charge in [0.05, 0.1) is 6.10 Å². The molecule has 0 aliphatic heterocycles. The van der Waals surface area contributed by atoms with Gasteiger partial charge in [-0.3, -0.25) is 9.59 Å². The fourth-order valence-electron chi connectivity index (χ4n) is 2.11. The molecule has 1 heterocycles. The Balaban J connectivity index is 2.57. The normalized spacial score (nSPS) is 10.4. The second-order valence-corrected chi connectivity index (χ2v) is 5.22. The first-order valence-electron chi connectivity index (χ1n) is 7.07. The van der Waals surface area contributed by atoms with E-state index in [2.05, 4.69) is 10.3 Å². The van der Waals surface area contributed by atoms with Crippen molar-refractivity contribution in [3.8, 4) is 17.6 Å². The Hall–Kier alpha value is -3.34. The first kappa shape index (κ1) is 17.0. The number of carboxylic acids is 1. The Labute approximate surface area is 137 Å². The van der Waals surface area contributed by atoms with Gasteiger partial charge in [-0.1, -0.05) is 0 Å². The smallest absolute Gasteiger partial charge is 0.322 e. The van der Waals surface area contributed by atoms with Crippen LogP contribution >= 0.6 is 0 Å². The van der Waals surface area contributed by atoms with E-state index >= 15 is 0 Å². The summed E-state index contributed by atoms with van der Waals surface area (Å²) < 4.78 is 5.54. The third kappa shape index (κ3) is 3.52. The van der Waals surface area contributed by atoms with Gasteiger partial charge in [0, 0.05) is 10.8 Å². The summed E-state index contributed by atoms with van der Waals surface area (Å²) >= 11 is 0. The van der Waals surface area contributed by atoms with Gasteiger partial charge in [0.25, 0.3) is 5.91 Å². The van der Waals surface area contributed by atoms with Crippen molar-refractivity contribution in [1.29, 1.82) is 5.26 Å². The standard InChI is InChI=1S/C16H15N3O5/c1-8(2)24-9-3-4-10-11(5-9)15(22)14(19-12(10)6-17)16(23)18-7-13(20)21/h3-5,8,22H,7H2,1-2H3,(H,18,23)(H,20,21). The Morgan fingerprint density at radius 2 is 2.08 bits per heavy atom. The van der Waals surface area contributed by atoms with Gasteiger partial charge >= 0.3 is 5.97 Å². The molecule has 0 fully saturated rings. The topological polar surface area (TPSA) is 133 Å². The van der Waals surface area contributed by atoms with E-state index in [1.807, 2.05) is 19.9 Å². The highest BCUT2D eigenvalue weighted by atomic mass is 16.5. The van der Waals surface area contributed by atoms with E-state index in [1.165, 1.54) is 6.07 Å². The lowest BCUT2D eigenvalue weighted by Gasteiger charge is -2.12. The van der Waals surface area contributed by atoms with Crippen molar-refractivity contribution in [3.05, 3.63) is 29.6 Å². The molecule has 2 rings (SSSR count). The number of hydrogen-bond donors (Lipinski definition) is 3. The van der Waals surface area contributed by atoms with Crippen molar-refractivity contribution in [2.45, 2.75) is 20.0 Å². The van der Waals surface area contributed by atoms with Gasteiger partial charge in [0.1, 0.15) is 24.1 Å². The van der Waals surface area contributed by atoms with Crippen LogP contribution in [0.2, 0.25) is 0 Å². The number of nitrogens with one attached hydrogen (secondary N) is 1. The van der Waals surface area contributed by atoms with E-state index in [-0.39, 0.29) is 17.2 Å². The maximum atomic E-state index is 12.0. The molecule has 0 aliphatic carbocycles. The molecular weight excluding hydrogens is 314 g/mol. The molecule has 1 aromatic heterocycles. The van der Waals surface area contributed by atoms with Crippen molar-refractivity contribution in [2.75, 3.05) is 6.54 Å². The number of carboxylic acid groups (broad SMARTS) is 1. The zero-order valence-electron chi connectivity index (χ0n) is 13.0. The third-order valence-corrected chi connectivity index (χ3v) is 3.04. The molecule has 3 N–H and O–H groups in total. The number of aliphatic carboxylic acids is 1. The number of aromatic nitrogens is 1. The zero-order valence-corrected chi connectivity index (χ0v) is 13.0. The molecule has 24 heavy (non-hydrogen) atoms. The van der Waals surface area contributed by atoms with Crippen LogP contribution in [0.25, 0.3) is 10.8 Å². The molecule has 2 aromatic rings. The maximum absolute atomic E-state index is 12.0. The highest BCUT2D eigenvalue weighted by Gasteiger charge is 2.20. The average molecular weight is 329 g/mol. The van der Waals surface area contributed by atoms with Crippen molar-refractivity contribution < 1.29 is 24.5 Å². The van der Waals surface area contributed by atoms with Gasteiger partial charge in [-0.2, -0.15) is 5.26 Å². The molecule has 0 bridgehead atoms. The van der Waals surface area contributed by atoms with Gasteiger partial charge in [-0.15, -0.1) is 0 Å². The van der Waals surface area contributed by atoms with E-state index in [1.54, 1.807) is 12.1 Å². The van der Waals surface area contributed by atoms with Crippen LogP contribution in [0.5, 0.6) is 11.5 Å². The van der Waals surface area contributed by atoms with E-state index < -0.39 is 29.9 Å². The lowest BCUT2D eigenvalue weighted by atomic mass is 10.1. The van der Waals surface area contributed by atoms with Crippen LogP contribution in [-0.4, -0.2) is 39.7 Å². The number of ether oxygens (including phenoxy) is 1. The summed E-state index contributed by atoms with van der Waals surface area (Å²) in [5.74, 6) is -2.11. The minimum atomic E-state index is -1.24. The molecule has 0 saturated carbocycles. The molecule has 0 spiro atoms. The lowest BCUT2D eigenvalue weighted by molar-refractivity contribution is -0.135. The molecule has 0 unspecified atom stereocenters. The van der Waals surface area contributed by atoms with Gasteiger partial charge in [-0.25, -0.2) is 4.98 Å². The van der Waals surface area contributed by atoms with E-state index in [4.69, 9.17) is 9.84 Å². The Kier molecular flexibility index (Phi) is 4.84. The number of fused-ring (bicyclic) bond motifs is 1. The van der Waals surface area contributed by atoms with Crippen LogP contribution in [0.15, 0.2) is 18.2 Å². The number of nitrogens with zero attached hydrogens (tertiary/aromatic N) is 2. The number of rotatable bonds is 5. The first-order chi connectivity index (χ1) is 11.3. The lowest BCUT2D eigenvalue weighted by Crippen LogP contribution is -2.30.